The maximum absolute atomic E-state index is 13.3. The molecule has 160 valence electrons. The van der Waals surface area contributed by atoms with Crippen LogP contribution >= 0.6 is 11.3 Å². The quantitative estimate of drug-likeness (QED) is 0.340. The van der Waals surface area contributed by atoms with E-state index in [1.54, 1.807) is 17.6 Å². The summed E-state index contributed by atoms with van der Waals surface area (Å²) in [4.78, 5) is 20.3. The molecule has 1 aliphatic rings. The third kappa shape index (κ3) is 2.86. The molecule has 0 saturated heterocycles. The van der Waals surface area contributed by atoms with Crippen molar-refractivity contribution in [3.63, 3.8) is 0 Å². The molecule has 0 bridgehead atoms. The zero-order valence-corrected chi connectivity index (χ0v) is 19.1. The van der Waals surface area contributed by atoms with Crippen LogP contribution in [-0.4, -0.2) is 20.4 Å². The van der Waals surface area contributed by atoms with Crippen LogP contribution in [0.3, 0.4) is 0 Å². The molecule has 0 fully saturated rings. The van der Waals surface area contributed by atoms with Crippen molar-refractivity contribution >= 4 is 49.6 Å². The molecule has 2 aromatic carbocycles. The summed E-state index contributed by atoms with van der Waals surface area (Å²) in [6.45, 7) is 4.94. The van der Waals surface area contributed by atoms with Crippen LogP contribution in [0.1, 0.15) is 41.6 Å². The SMILES string of the molecule is CCn1c2ccccc2c2cc(/C=N/n3c(C)nc4sc5c(c4c3=O)CCCC5)ccc21. The van der Waals surface area contributed by atoms with Gasteiger partial charge in [-0.05, 0) is 68.9 Å². The van der Waals surface area contributed by atoms with Crippen molar-refractivity contribution in [2.24, 2.45) is 5.10 Å². The van der Waals surface area contributed by atoms with E-state index < -0.39 is 0 Å². The monoisotopic (exact) mass is 440 g/mol. The van der Waals surface area contributed by atoms with Gasteiger partial charge in [0, 0.05) is 33.2 Å². The Morgan fingerprint density at radius 3 is 2.78 bits per heavy atom. The summed E-state index contributed by atoms with van der Waals surface area (Å²) >= 11 is 1.68. The van der Waals surface area contributed by atoms with Crippen molar-refractivity contribution in [3.05, 3.63) is 74.6 Å². The first kappa shape index (κ1) is 19.4. The molecule has 0 unspecified atom stereocenters. The van der Waals surface area contributed by atoms with Crippen molar-refractivity contribution < 1.29 is 0 Å². The Morgan fingerprint density at radius 1 is 1.09 bits per heavy atom. The molecule has 5 aromatic rings. The van der Waals surface area contributed by atoms with Crippen molar-refractivity contribution in [2.75, 3.05) is 0 Å². The topological polar surface area (TPSA) is 52.2 Å². The van der Waals surface area contributed by atoms with E-state index in [9.17, 15) is 4.79 Å². The highest BCUT2D eigenvalue weighted by Crippen LogP contribution is 2.34. The molecule has 3 aromatic heterocycles. The van der Waals surface area contributed by atoms with Gasteiger partial charge in [0.2, 0.25) is 0 Å². The molecule has 0 aliphatic heterocycles. The van der Waals surface area contributed by atoms with Crippen LogP contribution in [0.4, 0.5) is 0 Å². The van der Waals surface area contributed by atoms with E-state index >= 15 is 0 Å². The third-order valence-electron chi connectivity index (χ3n) is 6.56. The summed E-state index contributed by atoms with van der Waals surface area (Å²) in [5.41, 5.74) is 4.57. The van der Waals surface area contributed by atoms with Crippen LogP contribution in [-0.2, 0) is 19.4 Å². The van der Waals surface area contributed by atoms with E-state index in [1.807, 2.05) is 6.92 Å². The largest absolute Gasteiger partial charge is 0.341 e. The predicted octanol–water partition coefficient (Wildman–Crippen LogP) is 5.66. The van der Waals surface area contributed by atoms with Gasteiger partial charge < -0.3 is 4.57 Å². The molecule has 0 radical (unpaired) electrons. The molecule has 0 saturated carbocycles. The lowest BCUT2D eigenvalue weighted by atomic mass is 9.97. The molecule has 6 rings (SSSR count). The smallest absolute Gasteiger partial charge is 0.283 e. The highest BCUT2D eigenvalue weighted by Gasteiger charge is 2.21. The molecule has 32 heavy (non-hydrogen) atoms. The van der Waals surface area contributed by atoms with Gasteiger partial charge in [-0.15, -0.1) is 11.3 Å². The molecule has 0 spiro atoms. The minimum Gasteiger partial charge on any atom is -0.341 e. The molecule has 5 nitrogen and oxygen atoms in total. The van der Waals surface area contributed by atoms with Gasteiger partial charge in [0.15, 0.2) is 0 Å². The van der Waals surface area contributed by atoms with Gasteiger partial charge >= 0.3 is 0 Å². The summed E-state index contributed by atoms with van der Waals surface area (Å²) < 4.78 is 3.79. The minimum absolute atomic E-state index is 0.0492. The van der Waals surface area contributed by atoms with Gasteiger partial charge in [0.05, 0.1) is 11.6 Å². The lowest BCUT2D eigenvalue weighted by Gasteiger charge is -2.10. The standard InChI is InChI=1S/C26H24N4OS/c1-3-29-21-10-6-4-8-18(21)20-14-17(12-13-22(20)29)15-27-30-16(2)28-25-24(26(30)31)19-9-5-7-11-23(19)32-25/h4,6,8,10,12-15H,3,5,7,9,11H2,1-2H3/b27-15+. The molecule has 3 heterocycles. The maximum atomic E-state index is 13.3. The van der Waals surface area contributed by atoms with Crippen LogP contribution in [0.5, 0.6) is 0 Å². The molecular formula is C26H24N4OS. The highest BCUT2D eigenvalue weighted by atomic mass is 32.1. The lowest BCUT2D eigenvalue weighted by molar-refractivity contribution is 0.698. The number of nitrogens with zero attached hydrogens (tertiary/aromatic N) is 4. The molecule has 0 N–H and O–H groups in total. The summed E-state index contributed by atoms with van der Waals surface area (Å²) in [5.74, 6) is 0.626. The van der Waals surface area contributed by atoms with Gasteiger partial charge in [-0.3, -0.25) is 4.79 Å². The average molecular weight is 441 g/mol. The Hall–Kier alpha value is -3.25. The van der Waals surface area contributed by atoms with Crippen LogP contribution in [0.2, 0.25) is 0 Å². The first-order valence-electron chi connectivity index (χ1n) is 11.2. The van der Waals surface area contributed by atoms with Crippen LogP contribution in [0.15, 0.2) is 52.4 Å². The third-order valence-corrected chi connectivity index (χ3v) is 7.75. The molecule has 0 amide bonds. The number of hydrogen-bond donors (Lipinski definition) is 0. The zero-order chi connectivity index (χ0) is 21.8. The zero-order valence-electron chi connectivity index (χ0n) is 18.3. The number of aromatic nitrogens is 3. The summed E-state index contributed by atoms with van der Waals surface area (Å²) in [7, 11) is 0. The first-order valence-corrected chi connectivity index (χ1v) is 12.1. The first-order chi connectivity index (χ1) is 15.7. The number of para-hydroxylation sites is 1. The number of aryl methyl sites for hydroxylation is 4. The number of benzene rings is 2. The Balaban J connectivity index is 1.47. The fourth-order valence-corrected chi connectivity index (χ4v) is 6.35. The van der Waals surface area contributed by atoms with Crippen molar-refractivity contribution in [3.8, 4) is 0 Å². The van der Waals surface area contributed by atoms with Crippen LogP contribution in [0, 0.1) is 6.92 Å². The van der Waals surface area contributed by atoms with E-state index in [2.05, 4.69) is 59.1 Å². The van der Waals surface area contributed by atoms with Crippen LogP contribution in [0.25, 0.3) is 32.0 Å². The Kier molecular flexibility index (Phi) is 4.50. The number of thiophene rings is 1. The van der Waals surface area contributed by atoms with Gasteiger partial charge in [-0.2, -0.15) is 9.78 Å². The van der Waals surface area contributed by atoms with E-state index in [0.29, 0.717) is 5.82 Å². The second kappa shape index (κ2) is 7.41. The highest BCUT2D eigenvalue weighted by molar-refractivity contribution is 7.18. The minimum atomic E-state index is -0.0492. The second-order valence-corrected chi connectivity index (χ2v) is 9.53. The Bertz CT molecular complexity index is 1600. The normalized spacial score (nSPS) is 14.2. The second-order valence-electron chi connectivity index (χ2n) is 8.45. The van der Waals surface area contributed by atoms with Crippen molar-refractivity contribution in [1.29, 1.82) is 0 Å². The van der Waals surface area contributed by atoms with Crippen LogP contribution < -0.4 is 5.56 Å². The fraction of sp³-hybridized carbons (Fsp3) is 0.269. The average Bonchev–Trinajstić information content (AvgIpc) is 3.33. The van der Waals surface area contributed by atoms with E-state index in [-0.39, 0.29) is 5.56 Å². The Labute approximate surface area is 189 Å². The summed E-state index contributed by atoms with van der Waals surface area (Å²) in [5, 5.41) is 7.80. The summed E-state index contributed by atoms with van der Waals surface area (Å²) in [6.07, 6.45) is 6.14. The fourth-order valence-electron chi connectivity index (χ4n) is 5.05. The van der Waals surface area contributed by atoms with Gasteiger partial charge in [-0.1, -0.05) is 24.3 Å². The molecule has 6 heteroatoms. The number of rotatable bonds is 3. The van der Waals surface area contributed by atoms with Crippen molar-refractivity contribution in [2.45, 2.75) is 46.1 Å². The van der Waals surface area contributed by atoms with Gasteiger partial charge in [0.1, 0.15) is 10.7 Å². The van der Waals surface area contributed by atoms with Gasteiger partial charge in [0.25, 0.3) is 5.56 Å². The molecule has 0 atom stereocenters. The predicted molar refractivity (Wildman–Crippen MR) is 133 cm³/mol. The maximum Gasteiger partial charge on any atom is 0.283 e. The number of hydrogen-bond acceptors (Lipinski definition) is 4. The molecule has 1 aliphatic carbocycles. The van der Waals surface area contributed by atoms with E-state index in [0.717, 1.165) is 41.6 Å². The summed E-state index contributed by atoms with van der Waals surface area (Å²) in [6, 6.07) is 14.9. The number of fused-ring (bicyclic) bond motifs is 6. The van der Waals surface area contributed by atoms with E-state index in [1.165, 1.54) is 43.3 Å². The molecular weight excluding hydrogens is 416 g/mol. The van der Waals surface area contributed by atoms with E-state index in [4.69, 9.17) is 4.98 Å². The van der Waals surface area contributed by atoms with Gasteiger partial charge in [-0.25, -0.2) is 4.98 Å². The lowest BCUT2D eigenvalue weighted by Crippen LogP contribution is -2.21. The Morgan fingerprint density at radius 2 is 1.91 bits per heavy atom. The van der Waals surface area contributed by atoms with Crippen molar-refractivity contribution in [1.82, 2.24) is 14.2 Å².